The number of hydrogen-bond acceptors (Lipinski definition) is 2. The van der Waals surface area contributed by atoms with E-state index in [1.54, 1.807) is 0 Å². The number of nitrogens with one attached hydrogen (secondary N) is 1. The maximum absolute atomic E-state index is 12.6. The molecule has 2 rings (SSSR count). The van der Waals surface area contributed by atoms with Gasteiger partial charge in [0.2, 0.25) is 5.91 Å². The van der Waals surface area contributed by atoms with Crippen LogP contribution in [0.4, 0.5) is 0 Å². The molecule has 1 saturated carbocycles. The molecule has 3 heteroatoms. The van der Waals surface area contributed by atoms with E-state index in [9.17, 15) is 4.79 Å². The summed E-state index contributed by atoms with van der Waals surface area (Å²) in [5.41, 5.74) is 0. The van der Waals surface area contributed by atoms with E-state index in [0.717, 1.165) is 32.5 Å². The number of amides is 1. The highest BCUT2D eigenvalue weighted by Crippen LogP contribution is 2.25. The summed E-state index contributed by atoms with van der Waals surface area (Å²) in [5.74, 6) is 1.25. The van der Waals surface area contributed by atoms with E-state index in [4.69, 9.17) is 0 Å². The number of carbonyl (C=O) groups is 1. The van der Waals surface area contributed by atoms with Crippen molar-refractivity contribution >= 4 is 5.91 Å². The van der Waals surface area contributed by atoms with Crippen LogP contribution in [-0.2, 0) is 4.79 Å². The van der Waals surface area contributed by atoms with Crippen LogP contribution in [0, 0.1) is 11.8 Å². The zero-order chi connectivity index (χ0) is 13.5. The molecule has 0 aromatic carbocycles. The summed E-state index contributed by atoms with van der Waals surface area (Å²) in [5, 5.41) is 3.34. The second-order valence-corrected chi connectivity index (χ2v) is 6.08. The van der Waals surface area contributed by atoms with Crippen molar-refractivity contribution in [3.05, 3.63) is 12.7 Å². The average Bonchev–Trinajstić information content (AvgIpc) is 2.48. The molecule has 0 bridgehead atoms. The number of rotatable bonds is 5. The van der Waals surface area contributed by atoms with Crippen LogP contribution in [-0.4, -0.2) is 37.0 Å². The zero-order valence-corrected chi connectivity index (χ0v) is 12.1. The van der Waals surface area contributed by atoms with Gasteiger partial charge < -0.3 is 10.2 Å². The Kier molecular flexibility index (Phi) is 5.90. The highest BCUT2D eigenvalue weighted by molar-refractivity contribution is 5.79. The number of piperidine rings is 1. The van der Waals surface area contributed by atoms with Crippen LogP contribution in [0.1, 0.15) is 44.9 Å². The molecular weight excluding hydrogens is 236 g/mol. The summed E-state index contributed by atoms with van der Waals surface area (Å²) in [6, 6.07) is 0. The Labute approximate surface area is 117 Å². The zero-order valence-electron chi connectivity index (χ0n) is 12.1. The first-order valence-electron chi connectivity index (χ1n) is 7.91. The minimum atomic E-state index is 0.192. The lowest BCUT2D eigenvalue weighted by Gasteiger charge is -2.33. The smallest absolute Gasteiger partial charge is 0.227 e. The van der Waals surface area contributed by atoms with E-state index >= 15 is 0 Å². The van der Waals surface area contributed by atoms with Crippen molar-refractivity contribution in [1.29, 1.82) is 0 Å². The van der Waals surface area contributed by atoms with Crippen LogP contribution in [0.25, 0.3) is 0 Å². The number of hydrogen-bond donors (Lipinski definition) is 1. The number of nitrogens with zero attached hydrogens (tertiary/aromatic N) is 1. The largest absolute Gasteiger partial charge is 0.338 e. The Hall–Kier alpha value is -0.830. The Balaban J connectivity index is 1.89. The van der Waals surface area contributed by atoms with Crippen molar-refractivity contribution in [1.82, 2.24) is 10.2 Å². The fourth-order valence-corrected chi connectivity index (χ4v) is 3.41. The maximum atomic E-state index is 12.6. The van der Waals surface area contributed by atoms with E-state index < -0.39 is 0 Å². The molecular formula is C16H28N2O. The van der Waals surface area contributed by atoms with Crippen molar-refractivity contribution in [2.75, 3.05) is 26.2 Å². The summed E-state index contributed by atoms with van der Waals surface area (Å²) in [6.07, 6.45) is 10.7. The van der Waals surface area contributed by atoms with Crippen LogP contribution in [0.2, 0.25) is 0 Å². The first-order chi connectivity index (χ1) is 9.31. The highest BCUT2D eigenvalue weighted by atomic mass is 16.2. The molecule has 0 aromatic rings. The van der Waals surface area contributed by atoms with Crippen molar-refractivity contribution < 1.29 is 4.79 Å². The van der Waals surface area contributed by atoms with Gasteiger partial charge in [-0.15, -0.1) is 6.58 Å². The quantitative estimate of drug-likeness (QED) is 0.774. The van der Waals surface area contributed by atoms with E-state index in [1.165, 1.54) is 32.1 Å². The Morgan fingerprint density at radius 2 is 2.00 bits per heavy atom. The summed E-state index contributed by atoms with van der Waals surface area (Å²) in [6.45, 7) is 7.39. The second-order valence-electron chi connectivity index (χ2n) is 6.08. The molecule has 1 N–H and O–H groups in total. The molecule has 0 radical (unpaired) electrons. The van der Waals surface area contributed by atoms with E-state index in [0.29, 0.717) is 18.4 Å². The monoisotopic (exact) mass is 264 g/mol. The van der Waals surface area contributed by atoms with Gasteiger partial charge in [-0.1, -0.05) is 25.3 Å². The Morgan fingerprint density at radius 3 is 2.63 bits per heavy atom. The van der Waals surface area contributed by atoms with Crippen LogP contribution < -0.4 is 5.32 Å². The van der Waals surface area contributed by atoms with Crippen molar-refractivity contribution in [2.45, 2.75) is 44.9 Å². The number of carbonyl (C=O) groups excluding carboxylic acids is 1. The third kappa shape index (κ3) is 4.34. The summed E-state index contributed by atoms with van der Waals surface area (Å²) < 4.78 is 0. The van der Waals surface area contributed by atoms with E-state index in [1.807, 2.05) is 6.08 Å². The predicted molar refractivity (Wildman–Crippen MR) is 78.9 cm³/mol. The summed E-state index contributed by atoms with van der Waals surface area (Å²) in [7, 11) is 0. The normalized spacial score (nSPS) is 24.9. The van der Waals surface area contributed by atoms with E-state index in [-0.39, 0.29) is 5.92 Å². The van der Waals surface area contributed by atoms with Gasteiger partial charge in [0.15, 0.2) is 0 Å². The van der Waals surface area contributed by atoms with Gasteiger partial charge in [-0.3, -0.25) is 4.79 Å². The fraction of sp³-hybridized carbons (Fsp3) is 0.812. The van der Waals surface area contributed by atoms with Crippen LogP contribution in [0.3, 0.4) is 0 Å². The van der Waals surface area contributed by atoms with Gasteiger partial charge in [0.25, 0.3) is 0 Å². The first kappa shape index (κ1) is 14.6. The summed E-state index contributed by atoms with van der Waals surface area (Å²) in [4.78, 5) is 14.7. The molecule has 1 aliphatic heterocycles. The molecule has 0 spiro atoms. The van der Waals surface area contributed by atoms with Gasteiger partial charge in [0.1, 0.15) is 0 Å². The predicted octanol–water partition coefficient (Wildman–Crippen LogP) is 2.58. The molecule has 1 unspecified atom stereocenters. The van der Waals surface area contributed by atoms with Crippen molar-refractivity contribution in [3.63, 3.8) is 0 Å². The maximum Gasteiger partial charge on any atom is 0.227 e. The SMILES string of the molecule is C=CCN(CC1CCCCC1)C(=O)C1CCCNC1. The Morgan fingerprint density at radius 1 is 1.21 bits per heavy atom. The molecule has 3 nitrogen and oxygen atoms in total. The standard InChI is InChI=1S/C16H28N2O/c1-2-11-18(13-14-7-4-3-5-8-14)16(19)15-9-6-10-17-12-15/h2,14-15,17H,1,3-13H2. The molecule has 1 heterocycles. The first-order valence-corrected chi connectivity index (χ1v) is 7.91. The van der Waals surface area contributed by atoms with Crippen LogP contribution in [0.15, 0.2) is 12.7 Å². The van der Waals surface area contributed by atoms with Gasteiger partial charge in [-0.05, 0) is 38.1 Å². The molecule has 0 aromatic heterocycles. The molecule has 2 aliphatic rings. The molecule has 1 atom stereocenters. The van der Waals surface area contributed by atoms with Crippen LogP contribution >= 0.6 is 0 Å². The van der Waals surface area contributed by atoms with Gasteiger partial charge >= 0.3 is 0 Å². The average molecular weight is 264 g/mol. The molecule has 1 amide bonds. The van der Waals surface area contributed by atoms with Crippen molar-refractivity contribution in [3.8, 4) is 0 Å². The lowest BCUT2D eigenvalue weighted by atomic mass is 9.88. The van der Waals surface area contributed by atoms with Gasteiger partial charge in [-0.25, -0.2) is 0 Å². The lowest BCUT2D eigenvalue weighted by Crippen LogP contribution is -2.45. The van der Waals surface area contributed by atoms with Gasteiger partial charge in [-0.2, -0.15) is 0 Å². The Bertz CT molecular complexity index is 291. The minimum absolute atomic E-state index is 0.192. The topological polar surface area (TPSA) is 32.3 Å². The van der Waals surface area contributed by atoms with E-state index in [2.05, 4.69) is 16.8 Å². The van der Waals surface area contributed by atoms with Crippen LogP contribution in [0.5, 0.6) is 0 Å². The minimum Gasteiger partial charge on any atom is -0.338 e. The fourth-order valence-electron chi connectivity index (χ4n) is 3.41. The van der Waals surface area contributed by atoms with Crippen molar-refractivity contribution in [2.24, 2.45) is 11.8 Å². The lowest BCUT2D eigenvalue weighted by molar-refractivity contribution is -0.136. The third-order valence-corrected chi connectivity index (χ3v) is 4.51. The molecule has 108 valence electrons. The molecule has 19 heavy (non-hydrogen) atoms. The molecule has 1 saturated heterocycles. The highest BCUT2D eigenvalue weighted by Gasteiger charge is 2.27. The summed E-state index contributed by atoms with van der Waals surface area (Å²) >= 11 is 0. The molecule has 2 fully saturated rings. The third-order valence-electron chi connectivity index (χ3n) is 4.51. The second kappa shape index (κ2) is 7.68. The molecule has 1 aliphatic carbocycles. The van der Waals surface area contributed by atoms with Gasteiger partial charge in [0.05, 0.1) is 5.92 Å². The van der Waals surface area contributed by atoms with Gasteiger partial charge in [0, 0.05) is 19.6 Å².